The average Bonchev–Trinajstić information content (AvgIpc) is 3.01. The molecule has 2 aliphatic heterocycles. The van der Waals surface area contributed by atoms with Crippen LogP contribution in [0.25, 0.3) is 5.65 Å². The van der Waals surface area contributed by atoms with E-state index < -0.39 is 11.7 Å². The number of aliphatic hydroxyl groups is 1. The van der Waals surface area contributed by atoms with Gasteiger partial charge in [0.15, 0.2) is 0 Å². The lowest BCUT2D eigenvalue weighted by atomic mass is 9.82. The Bertz CT molecular complexity index is 762. The summed E-state index contributed by atoms with van der Waals surface area (Å²) in [6, 6.07) is 3.96. The number of ether oxygens (including phenoxy) is 1. The molecule has 2 fully saturated rings. The van der Waals surface area contributed by atoms with Crippen molar-refractivity contribution >= 4 is 11.6 Å². The molecule has 1 spiro atoms. The molecule has 2 aromatic rings. The molecule has 1 N–H and O–H groups in total. The molecule has 0 aliphatic carbocycles. The van der Waals surface area contributed by atoms with Crippen LogP contribution in [-0.2, 0) is 4.74 Å². The summed E-state index contributed by atoms with van der Waals surface area (Å²) in [5.74, 6) is -0.0449. The number of aromatic nitrogens is 2. The van der Waals surface area contributed by atoms with E-state index in [1.807, 2.05) is 34.6 Å². The first-order valence-corrected chi connectivity index (χ1v) is 8.64. The Morgan fingerprint density at radius 2 is 2.21 bits per heavy atom. The van der Waals surface area contributed by atoms with Crippen LogP contribution in [-0.4, -0.2) is 56.7 Å². The van der Waals surface area contributed by atoms with Crippen molar-refractivity contribution in [1.82, 2.24) is 14.3 Å². The Hall–Kier alpha value is -1.92. The van der Waals surface area contributed by atoms with Gasteiger partial charge in [0.1, 0.15) is 11.3 Å². The number of hydrogen-bond donors (Lipinski definition) is 1. The van der Waals surface area contributed by atoms with Crippen LogP contribution in [0.1, 0.15) is 41.7 Å². The number of fused-ring (bicyclic) bond motifs is 1. The van der Waals surface area contributed by atoms with Crippen molar-refractivity contribution in [2.75, 3.05) is 19.7 Å². The van der Waals surface area contributed by atoms with Crippen LogP contribution >= 0.6 is 0 Å². The lowest BCUT2D eigenvalue weighted by Gasteiger charge is -2.46. The number of nitrogens with zero attached hydrogens (tertiary/aromatic N) is 3. The van der Waals surface area contributed by atoms with Crippen molar-refractivity contribution in [3.8, 4) is 0 Å². The molecule has 2 saturated heterocycles. The summed E-state index contributed by atoms with van der Waals surface area (Å²) in [5, 5.41) is 10.3. The highest BCUT2D eigenvalue weighted by Gasteiger charge is 2.44. The number of likely N-dealkylation sites (tertiary alicyclic amines) is 1. The van der Waals surface area contributed by atoms with Crippen LogP contribution in [0.5, 0.6) is 0 Å². The van der Waals surface area contributed by atoms with Crippen LogP contribution in [0.15, 0.2) is 24.5 Å². The van der Waals surface area contributed by atoms with E-state index in [1.165, 1.54) is 0 Å². The zero-order valence-corrected chi connectivity index (χ0v) is 13.9. The second-order valence-electron chi connectivity index (χ2n) is 6.96. The number of pyridine rings is 1. The molecule has 6 heteroatoms. The topological polar surface area (TPSA) is 67.1 Å². The lowest BCUT2D eigenvalue weighted by Crippen LogP contribution is -2.56. The molecule has 2 aromatic heterocycles. The van der Waals surface area contributed by atoms with E-state index in [-0.39, 0.29) is 5.91 Å². The molecule has 1 amide bonds. The van der Waals surface area contributed by atoms with Crippen molar-refractivity contribution in [2.45, 2.75) is 44.3 Å². The largest absolute Gasteiger partial charge is 0.390 e. The van der Waals surface area contributed by atoms with Gasteiger partial charge in [-0.15, -0.1) is 0 Å². The van der Waals surface area contributed by atoms with Crippen LogP contribution in [0.4, 0.5) is 0 Å². The van der Waals surface area contributed by atoms with Gasteiger partial charge in [-0.25, -0.2) is 4.98 Å². The van der Waals surface area contributed by atoms with E-state index in [0.717, 1.165) is 24.1 Å². The fourth-order valence-electron chi connectivity index (χ4n) is 3.83. The maximum Gasteiger partial charge on any atom is 0.274 e. The van der Waals surface area contributed by atoms with Crippen LogP contribution < -0.4 is 0 Å². The summed E-state index contributed by atoms with van der Waals surface area (Å²) in [7, 11) is 0. The van der Waals surface area contributed by atoms with Crippen LogP contribution in [0.3, 0.4) is 0 Å². The molecule has 2 aliphatic rings. The Morgan fingerprint density at radius 1 is 1.42 bits per heavy atom. The third-order valence-electron chi connectivity index (χ3n) is 5.35. The molecule has 0 radical (unpaired) electrons. The molecule has 0 saturated carbocycles. The normalized spacial score (nSPS) is 23.8. The highest BCUT2D eigenvalue weighted by atomic mass is 16.5. The minimum absolute atomic E-state index is 0.0449. The fourth-order valence-corrected chi connectivity index (χ4v) is 3.83. The summed E-state index contributed by atoms with van der Waals surface area (Å²) in [6.07, 6.45) is 6.37. The molecular weight excluding hydrogens is 306 g/mol. The molecule has 0 bridgehead atoms. The third-order valence-corrected chi connectivity index (χ3v) is 5.35. The lowest BCUT2D eigenvalue weighted by molar-refractivity contribution is -0.174. The van der Waals surface area contributed by atoms with Crippen molar-refractivity contribution in [2.24, 2.45) is 0 Å². The van der Waals surface area contributed by atoms with E-state index in [0.29, 0.717) is 38.2 Å². The maximum atomic E-state index is 12.8. The number of imidazole rings is 1. The van der Waals surface area contributed by atoms with E-state index >= 15 is 0 Å². The summed E-state index contributed by atoms with van der Waals surface area (Å²) >= 11 is 0. The molecule has 128 valence electrons. The van der Waals surface area contributed by atoms with Crippen LogP contribution in [0.2, 0.25) is 0 Å². The van der Waals surface area contributed by atoms with Gasteiger partial charge in [-0.1, -0.05) is 0 Å². The summed E-state index contributed by atoms with van der Waals surface area (Å²) in [6.45, 7) is 3.91. The number of carbonyl (C=O) groups excluding carboxylic acids is 1. The van der Waals surface area contributed by atoms with Gasteiger partial charge >= 0.3 is 0 Å². The molecule has 1 atom stereocenters. The second-order valence-corrected chi connectivity index (χ2v) is 6.96. The van der Waals surface area contributed by atoms with Crippen molar-refractivity contribution in [3.05, 3.63) is 35.8 Å². The number of rotatable bonds is 1. The Morgan fingerprint density at radius 3 is 2.96 bits per heavy atom. The van der Waals surface area contributed by atoms with Gasteiger partial charge in [0, 0.05) is 32.1 Å². The predicted octanol–water partition coefficient (Wildman–Crippen LogP) is 1.79. The molecule has 24 heavy (non-hydrogen) atoms. The number of piperidine rings is 1. The highest BCUT2D eigenvalue weighted by molar-refractivity contribution is 5.93. The first-order chi connectivity index (χ1) is 11.6. The van der Waals surface area contributed by atoms with E-state index in [4.69, 9.17) is 4.74 Å². The molecule has 0 aromatic carbocycles. The van der Waals surface area contributed by atoms with E-state index in [9.17, 15) is 9.90 Å². The quantitative estimate of drug-likeness (QED) is 0.866. The highest BCUT2D eigenvalue weighted by Crippen LogP contribution is 2.35. The van der Waals surface area contributed by atoms with Crippen LogP contribution in [0, 0.1) is 6.92 Å². The fraction of sp³-hybridized carbons (Fsp3) is 0.556. The zero-order chi connectivity index (χ0) is 16.7. The molecular formula is C18H23N3O3. The number of aliphatic hydroxyl groups excluding tert-OH is 1. The van der Waals surface area contributed by atoms with Gasteiger partial charge < -0.3 is 19.1 Å². The summed E-state index contributed by atoms with van der Waals surface area (Å²) in [5.41, 5.74) is 1.93. The molecule has 6 nitrogen and oxygen atoms in total. The zero-order valence-electron chi connectivity index (χ0n) is 13.9. The molecule has 4 heterocycles. The number of amides is 1. The summed E-state index contributed by atoms with van der Waals surface area (Å²) in [4.78, 5) is 19.0. The van der Waals surface area contributed by atoms with Gasteiger partial charge in [0.05, 0.1) is 11.7 Å². The van der Waals surface area contributed by atoms with Crippen molar-refractivity contribution in [1.29, 1.82) is 0 Å². The average molecular weight is 329 g/mol. The van der Waals surface area contributed by atoms with E-state index in [1.54, 1.807) is 6.20 Å². The number of hydrogen-bond acceptors (Lipinski definition) is 4. The second kappa shape index (κ2) is 5.86. The smallest absolute Gasteiger partial charge is 0.274 e. The monoisotopic (exact) mass is 329 g/mol. The standard InChI is InChI=1S/C18H23N3O3/c1-13-4-7-21-12-14(19-16(21)11-13)17(23)20-8-5-18(6-9-20)15(22)3-2-10-24-18/h4,7,11-12,15,22H,2-3,5-6,8-10H2,1H3/t15-/m0/s1. The third kappa shape index (κ3) is 2.59. The van der Waals surface area contributed by atoms with Gasteiger partial charge in [-0.05, 0) is 50.3 Å². The van der Waals surface area contributed by atoms with E-state index in [2.05, 4.69) is 4.98 Å². The van der Waals surface area contributed by atoms with Gasteiger partial charge in [0.2, 0.25) is 0 Å². The summed E-state index contributed by atoms with van der Waals surface area (Å²) < 4.78 is 7.78. The Labute approximate surface area is 141 Å². The minimum Gasteiger partial charge on any atom is -0.390 e. The molecule has 4 rings (SSSR count). The Balaban J connectivity index is 1.49. The molecule has 0 unspecified atom stereocenters. The van der Waals surface area contributed by atoms with Gasteiger partial charge in [0.25, 0.3) is 5.91 Å². The Kier molecular flexibility index (Phi) is 3.81. The van der Waals surface area contributed by atoms with Gasteiger partial charge in [-0.2, -0.15) is 0 Å². The number of aryl methyl sites for hydroxylation is 1. The minimum atomic E-state index is -0.453. The first-order valence-electron chi connectivity index (χ1n) is 8.64. The number of carbonyl (C=O) groups is 1. The van der Waals surface area contributed by atoms with Gasteiger partial charge in [-0.3, -0.25) is 4.79 Å². The first kappa shape index (κ1) is 15.6. The van der Waals surface area contributed by atoms with Crippen molar-refractivity contribution < 1.29 is 14.6 Å². The SMILES string of the molecule is Cc1ccn2cc(C(=O)N3CCC4(CC3)OCCC[C@@H]4O)nc2c1. The maximum absolute atomic E-state index is 12.8. The predicted molar refractivity (Wildman–Crippen MR) is 89.0 cm³/mol. The van der Waals surface area contributed by atoms with Crippen molar-refractivity contribution in [3.63, 3.8) is 0 Å².